The van der Waals surface area contributed by atoms with Crippen LogP contribution in [0.25, 0.3) is 0 Å². The van der Waals surface area contributed by atoms with Gasteiger partial charge in [-0.2, -0.15) is 31.1 Å². The van der Waals surface area contributed by atoms with Crippen molar-refractivity contribution in [1.82, 2.24) is 20.2 Å². The lowest BCUT2D eigenvalue weighted by Crippen LogP contribution is -2.34. The molecule has 9 nitrogen and oxygen atoms in total. The highest BCUT2D eigenvalue weighted by Crippen LogP contribution is 2.43. The van der Waals surface area contributed by atoms with Gasteiger partial charge in [0.15, 0.2) is 0 Å². The number of hydrogen-bond acceptors (Lipinski definition) is 7. The second-order valence-corrected chi connectivity index (χ2v) is 11.2. The number of ether oxygens (including phenoxy) is 1. The second-order valence-electron chi connectivity index (χ2n) is 11.2. The minimum atomic E-state index is -5.02. The van der Waals surface area contributed by atoms with E-state index in [-0.39, 0.29) is 43.4 Å². The maximum absolute atomic E-state index is 13.7. The average molecular weight is 627 g/mol. The van der Waals surface area contributed by atoms with E-state index in [1.807, 2.05) is 12.1 Å². The third-order valence-electron chi connectivity index (χ3n) is 7.68. The number of hydrogen-bond donors (Lipinski definition) is 1. The highest BCUT2D eigenvalue weighted by atomic mass is 19.4. The molecule has 1 aliphatic carbocycles. The van der Waals surface area contributed by atoms with Crippen LogP contribution in [-0.4, -0.2) is 50.7 Å². The lowest BCUT2D eigenvalue weighted by molar-refractivity contribution is -0.143. The zero-order valence-corrected chi connectivity index (χ0v) is 24.1. The van der Waals surface area contributed by atoms with Crippen molar-refractivity contribution in [2.75, 3.05) is 23.0 Å². The molecule has 0 saturated carbocycles. The number of carbonyl (C=O) groups is 1. The fourth-order valence-electron chi connectivity index (χ4n) is 5.79. The molecule has 2 aliphatic rings. The van der Waals surface area contributed by atoms with Crippen LogP contribution >= 0.6 is 0 Å². The maximum atomic E-state index is 13.7. The van der Waals surface area contributed by atoms with Gasteiger partial charge in [-0.25, -0.2) is 4.79 Å². The van der Waals surface area contributed by atoms with Crippen LogP contribution in [0.1, 0.15) is 72.5 Å². The van der Waals surface area contributed by atoms with Crippen LogP contribution in [0.2, 0.25) is 0 Å². The molecule has 5 rings (SSSR count). The molecule has 238 valence electrons. The summed E-state index contributed by atoms with van der Waals surface area (Å²) in [6.45, 7) is 2.99. The van der Waals surface area contributed by atoms with Crippen molar-refractivity contribution >= 4 is 17.7 Å². The molecule has 1 atom stereocenters. The molecule has 2 aromatic carbocycles. The van der Waals surface area contributed by atoms with Crippen molar-refractivity contribution in [3.05, 3.63) is 63.7 Å². The van der Waals surface area contributed by atoms with Crippen LogP contribution in [0.15, 0.2) is 30.3 Å². The van der Waals surface area contributed by atoms with Crippen LogP contribution in [0.3, 0.4) is 0 Å². The number of aliphatic hydroxyl groups excluding tert-OH is 1. The summed E-state index contributed by atoms with van der Waals surface area (Å²) in [5, 5.41) is 21.6. The van der Waals surface area contributed by atoms with Gasteiger partial charge < -0.3 is 14.7 Å². The van der Waals surface area contributed by atoms with E-state index in [0.717, 1.165) is 35.2 Å². The van der Waals surface area contributed by atoms with E-state index in [4.69, 9.17) is 4.74 Å². The normalized spacial score (nSPS) is 17.0. The summed E-state index contributed by atoms with van der Waals surface area (Å²) >= 11 is 0. The summed E-state index contributed by atoms with van der Waals surface area (Å²) in [7, 11) is 0. The Kier molecular flexibility index (Phi) is 8.78. The van der Waals surface area contributed by atoms with Gasteiger partial charge in [0.2, 0.25) is 0 Å². The van der Waals surface area contributed by atoms with Crippen molar-refractivity contribution in [2.45, 2.75) is 83.5 Å². The minimum absolute atomic E-state index is 0.0216. The number of aliphatic hydroxyl groups is 1. The van der Waals surface area contributed by atoms with E-state index in [1.54, 1.807) is 13.8 Å². The topological polar surface area (TPSA) is 96.6 Å². The molecular weight excluding hydrogens is 594 g/mol. The molecule has 0 radical (unpaired) electrons. The number of tetrazole rings is 1. The van der Waals surface area contributed by atoms with Gasteiger partial charge in [-0.3, -0.25) is 4.90 Å². The zero-order chi connectivity index (χ0) is 31.8. The second kappa shape index (κ2) is 12.3. The Morgan fingerprint density at radius 1 is 1.02 bits per heavy atom. The predicted molar refractivity (Wildman–Crippen MR) is 147 cm³/mol. The summed E-state index contributed by atoms with van der Waals surface area (Å²) in [5.41, 5.74) is 0.230. The molecule has 1 N–H and O–H groups in total. The first kappa shape index (κ1) is 31.5. The van der Waals surface area contributed by atoms with Crippen molar-refractivity contribution in [3.63, 3.8) is 0 Å². The van der Waals surface area contributed by atoms with Gasteiger partial charge in [0.1, 0.15) is 0 Å². The van der Waals surface area contributed by atoms with Gasteiger partial charge in [0.25, 0.3) is 5.95 Å². The van der Waals surface area contributed by atoms with Gasteiger partial charge >= 0.3 is 18.4 Å². The first-order valence-corrected chi connectivity index (χ1v) is 14.3. The number of fused-ring (bicyclic) bond motifs is 2. The van der Waals surface area contributed by atoms with Gasteiger partial charge in [0, 0.05) is 13.1 Å². The van der Waals surface area contributed by atoms with E-state index in [9.17, 15) is 36.2 Å². The third-order valence-corrected chi connectivity index (χ3v) is 7.68. The highest BCUT2D eigenvalue weighted by molar-refractivity contribution is 5.89. The molecule has 1 aromatic heterocycles. The van der Waals surface area contributed by atoms with Crippen molar-refractivity contribution < 1.29 is 41.0 Å². The molecule has 0 bridgehead atoms. The Balaban J connectivity index is 1.65. The SMILES string of the molecule is CC(C)OC(=O)N1CCC[C@H](N(Cc2cc(C(F)(F)F)cc(C(F)(F)F)c2)c2nnn(CCO)n2)c2cc3c(cc21)CCC3. The number of carbonyl (C=O) groups excluding carboxylic acids is 1. The average Bonchev–Trinajstić information content (AvgIpc) is 3.55. The van der Waals surface area contributed by atoms with Crippen molar-refractivity contribution in [2.24, 2.45) is 0 Å². The summed E-state index contributed by atoms with van der Waals surface area (Å²) in [6.07, 6.45) is -7.65. The number of nitrogens with zero attached hydrogens (tertiary/aromatic N) is 6. The van der Waals surface area contributed by atoms with Crippen LogP contribution in [-0.2, 0) is 43.0 Å². The van der Waals surface area contributed by atoms with Crippen molar-refractivity contribution in [3.8, 4) is 0 Å². The zero-order valence-electron chi connectivity index (χ0n) is 24.1. The lowest BCUT2D eigenvalue weighted by atomic mass is 9.95. The quantitative estimate of drug-likeness (QED) is 0.318. The number of anilines is 2. The number of alkyl halides is 6. The standard InChI is InChI=1S/C29H32F6N6O3/c1-17(2)44-27(43)39-8-4-7-24(23-13-19-5-3-6-20(19)14-25(23)39)40(26-36-38-41(37-26)9-10-42)16-18-11-21(28(30,31)32)15-22(12-18)29(33,34)35/h11-15,17,24,42H,3-10,16H2,1-2H3/t24-/m0/s1. The summed E-state index contributed by atoms with van der Waals surface area (Å²) in [4.78, 5) is 17.4. The van der Waals surface area contributed by atoms with E-state index >= 15 is 0 Å². The Labute approximate surface area is 249 Å². The van der Waals surface area contributed by atoms with Gasteiger partial charge in [-0.1, -0.05) is 11.2 Å². The molecule has 0 spiro atoms. The molecule has 3 aromatic rings. The van der Waals surface area contributed by atoms with E-state index in [0.29, 0.717) is 36.2 Å². The summed E-state index contributed by atoms with van der Waals surface area (Å²) < 4.78 is 87.9. The highest BCUT2D eigenvalue weighted by Gasteiger charge is 2.38. The number of rotatable bonds is 7. The Hall–Kier alpha value is -3.88. The summed E-state index contributed by atoms with van der Waals surface area (Å²) in [6, 6.07) is 4.70. The van der Waals surface area contributed by atoms with Gasteiger partial charge in [-0.05, 0) is 97.7 Å². The molecule has 1 amide bonds. The minimum Gasteiger partial charge on any atom is -0.446 e. The smallest absolute Gasteiger partial charge is 0.416 e. The number of aryl methyl sites for hydroxylation is 2. The Bertz CT molecular complexity index is 1470. The van der Waals surface area contributed by atoms with Crippen LogP contribution in [0.5, 0.6) is 0 Å². The molecule has 0 unspecified atom stereocenters. The molecule has 0 saturated heterocycles. The molecule has 44 heavy (non-hydrogen) atoms. The van der Waals surface area contributed by atoms with E-state index in [2.05, 4.69) is 15.4 Å². The van der Waals surface area contributed by atoms with Crippen molar-refractivity contribution in [1.29, 1.82) is 0 Å². The van der Waals surface area contributed by atoms with E-state index in [1.165, 1.54) is 9.80 Å². The lowest BCUT2D eigenvalue weighted by Gasteiger charge is -2.32. The fraction of sp³-hybridized carbons (Fsp3) is 0.517. The molecular formula is C29H32F6N6O3. The van der Waals surface area contributed by atoms with Crippen LogP contribution in [0.4, 0.5) is 42.8 Å². The third kappa shape index (κ3) is 6.76. The van der Waals surface area contributed by atoms with Gasteiger partial charge in [-0.15, -0.1) is 5.10 Å². The van der Waals surface area contributed by atoms with Gasteiger partial charge in [0.05, 0.1) is 42.1 Å². The molecule has 0 fully saturated rings. The number of halogens is 6. The number of aromatic nitrogens is 4. The Morgan fingerprint density at radius 2 is 1.68 bits per heavy atom. The number of benzene rings is 2. The Morgan fingerprint density at radius 3 is 2.30 bits per heavy atom. The maximum Gasteiger partial charge on any atom is 0.416 e. The van der Waals surface area contributed by atoms with Crippen LogP contribution in [0, 0.1) is 0 Å². The molecule has 2 heterocycles. The molecule has 15 heteroatoms. The largest absolute Gasteiger partial charge is 0.446 e. The van der Waals surface area contributed by atoms with E-state index < -0.39 is 42.2 Å². The summed E-state index contributed by atoms with van der Waals surface area (Å²) in [5.74, 6) is -0.0425. The first-order valence-electron chi connectivity index (χ1n) is 14.3. The predicted octanol–water partition coefficient (Wildman–Crippen LogP) is 6.08. The molecule has 1 aliphatic heterocycles. The monoisotopic (exact) mass is 626 g/mol. The van der Waals surface area contributed by atoms with Crippen LogP contribution < -0.4 is 9.80 Å². The first-order chi connectivity index (χ1) is 20.7. The fourth-order valence-corrected chi connectivity index (χ4v) is 5.79. The number of amides is 1.